The molecule has 0 heterocycles. The summed E-state index contributed by atoms with van der Waals surface area (Å²) in [5.41, 5.74) is 0. The topological polar surface area (TPSA) is 78.4 Å². The predicted octanol–water partition coefficient (Wildman–Crippen LogP) is 1.54. The summed E-state index contributed by atoms with van der Waals surface area (Å²) in [6.45, 7) is 5.42. The van der Waals surface area contributed by atoms with E-state index in [1.54, 1.807) is 25.6 Å². The molecule has 2 atom stereocenters. The van der Waals surface area contributed by atoms with Crippen molar-refractivity contribution in [3.63, 3.8) is 0 Å². The number of amides is 2. The molecule has 17 heavy (non-hydrogen) atoms. The van der Waals surface area contributed by atoms with Gasteiger partial charge in [-0.25, -0.2) is 9.59 Å². The van der Waals surface area contributed by atoms with Crippen LogP contribution >= 0.6 is 11.8 Å². The third kappa shape index (κ3) is 7.10. The second-order valence-electron chi connectivity index (χ2n) is 4.36. The van der Waals surface area contributed by atoms with Crippen LogP contribution in [0.4, 0.5) is 4.79 Å². The normalized spacial score (nSPS) is 14.2. The first kappa shape index (κ1) is 16.1. The van der Waals surface area contributed by atoms with Gasteiger partial charge in [0.15, 0.2) is 0 Å². The molecule has 1 unspecified atom stereocenters. The van der Waals surface area contributed by atoms with Gasteiger partial charge in [0.2, 0.25) is 0 Å². The molecule has 0 aromatic heterocycles. The number of urea groups is 1. The fraction of sp³-hybridized carbons (Fsp3) is 0.818. The number of hydrogen-bond donors (Lipinski definition) is 3. The molecule has 0 bridgehead atoms. The van der Waals surface area contributed by atoms with Crippen LogP contribution < -0.4 is 10.6 Å². The molecule has 0 radical (unpaired) electrons. The minimum atomic E-state index is -1.01. The zero-order valence-corrected chi connectivity index (χ0v) is 11.6. The molecule has 0 rings (SSSR count). The Balaban J connectivity index is 4.10. The van der Waals surface area contributed by atoms with E-state index in [-0.39, 0.29) is 12.0 Å². The highest BCUT2D eigenvalue weighted by molar-refractivity contribution is 7.98. The highest BCUT2D eigenvalue weighted by Gasteiger charge is 2.23. The molecule has 0 aromatic rings. The van der Waals surface area contributed by atoms with E-state index in [2.05, 4.69) is 10.6 Å². The molecule has 5 nitrogen and oxygen atoms in total. The van der Waals surface area contributed by atoms with Crippen molar-refractivity contribution in [1.29, 1.82) is 0 Å². The van der Waals surface area contributed by atoms with Crippen LogP contribution in [0, 0.1) is 5.92 Å². The van der Waals surface area contributed by atoms with E-state index in [1.807, 2.05) is 13.2 Å². The van der Waals surface area contributed by atoms with E-state index in [4.69, 9.17) is 5.11 Å². The van der Waals surface area contributed by atoms with Gasteiger partial charge in [0.05, 0.1) is 0 Å². The van der Waals surface area contributed by atoms with Gasteiger partial charge in [0.25, 0.3) is 0 Å². The number of aliphatic carboxylic acids is 1. The number of carboxylic acid groups (broad SMARTS) is 1. The number of thioether (sulfide) groups is 1. The maximum Gasteiger partial charge on any atom is 0.326 e. The Morgan fingerprint density at radius 1 is 1.24 bits per heavy atom. The molecule has 0 aliphatic carbocycles. The first-order valence-electron chi connectivity index (χ1n) is 5.67. The minimum absolute atomic E-state index is 0.0454. The zero-order chi connectivity index (χ0) is 13.4. The first-order chi connectivity index (χ1) is 7.88. The second-order valence-corrected chi connectivity index (χ2v) is 5.35. The Kier molecular flexibility index (Phi) is 7.78. The van der Waals surface area contributed by atoms with Crippen molar-refractivity contribution in [3.05, 3.63) is 0 Å². The van der Waals surface area contributed by atoms with Crippen LogP contribution in [0.15, 0.2) is 0 Å². The maximum atomic E-state index is 11.5. The van der Waals surface area contributed by atoms with Gasteiger partial charge in [-0.05, 0) is 31.3 Å². The van der Waals surface area contributed by atoms with Gasteiger partial charge in [0.1, 0.15) is 6.04 Å². The number of rotatable bonds is 7. The van der Waals surface area contributed by atoms with E-state index in [0.29, 0.717) is 0 Å². The Morgan fingerprint density at radius 2 is 1.82 bits per heavy atom. The molecule has 0 fully saturated rings. The van der Waals surface area contributed by atoms with Gasteiger partial charge in [-0.15, -0.1) is 0 Å². The lowest BCUT2D eigenvalue weighted by molar-refractivity contribution is -0.140. The zero-order valence-electron chi connectivity index (χ0n) is 10.8. The van der Waals surface area contributed by atoms with Crippen molar-refractivity contribution in [3.8, 4) is 0 Å². The molecule has 0 saturated carbocycles. The maximum absolute atomic E-state index is 11.5. The van der Waals surface area contributed by atoms with Crippen LogP contribution in [-0.4, -0.2) is 41.2 Å². The lowest BCUT2D eigenvalue weighted by Gasteiger charge is -2.20. The largest absolute Gasteiger partial charge is 0.480 e. The summed E-state index contributed by atoms with van der Waals surface area (Å²) in [5.74, 6) is -0.180. The Labute approximate surface area is 107 Å². The predicted molar refractivity (Wildman–Crippen MR) is 70.4 cm³/mol. The van der Waals surface area contributed by atoms with E-state index < -0.39 is 18.0 Å². The molecule has 2 amide bonds. The van der Waals surface area contributed by atoms with Crippen molar-refractivity contribution < 1.29 is 14.7 Å². The molecule has 0 aliphatic heterocycles. The number of nitrogens with one attached hydrogen (secondary N) is 2. The fourth-order valence-electron chi connectivity index (χ4n) is 1.29. The van der Waals surface area contributed by atoms with E-state index in [0.717, 1.165) is 12.2 Å². The molecular weight excluding hydrogens is 240 g/mol. The average Bonchev–Trinajstić information content (AvgIpc) is 2.22. The van der Waals surface area contributed by atoms with E-state index >= 15 is 0 Å². The summed E-state index contributed by atoms with van der Waals surface area (Å²) in [7, 11) is 0. The Morgan fingerprint density at radius 3 is 2.24 bits per heavy atom. The van der Waals surface area contributed by atoms with Crippen LogP contribution in [0.3, 0.4) is 0 Å². The van der Waals surface area contributed by atoms with Crippen LogP contribution in [0.1, 0.15) is 27.2 Å². The van der Waals surface area contributed by atoms with Gasteiger partial charge in [-0.3, -0.25) is 0 Å². The standard InChI is InChI=1S/C11H22N2O3S/c1-7(2)9(10(14)15)13-11(16)12-8(3)5-6-17-4/h7-9H,5-6H2,1-4H3,(H,14,15)(H2,12,13,16)/t8?,9-/m1/s1. The Hall–Kier alpha value is -0.910. The summed E-state index contributed by atoms with van der Waals surface area (Å²) >= 11 is 1.71. The lowest BCUT2D eigenvalue weighted by atomic mass is 10.1. The second kappa shape index (κ2) is 8.22. The van der Waals surface area contributed by atoms with Gasteiger partial charge < -0.3 is 15.7 Å². The van der Waals surface area contributed by atoms with E-state index in [9.17, 15) is 9.59 Å². The molecule has 0 aromatic carbocycles. The van der Waals surface area contributed by atoms with Crippen LogP contribution in [-0.2, 0) is 4.79 Å². The highest BCUT2D eigenvalue weighted by atomic mass is 32.2. The summed E-state index contributed by atoms with van der Waals surface area (Å²) in [5, 5.41) is 14.1. The highest BCUT2D eigenvalue weighted by Crippen LogP contribution is 2.02. The number of hydrogen-bond acceptors (Lipinski definition) is 3. The Bertz CT molecular complexity index is 259. The van der Waals surface area contributed by atoms with Gasteiger partial charge >= 0.3 is 12.0 Å². The van der Waals surface area contributed by atoms with Crippen molar-refractivity contribution in [2.75, 3.05) is 12.0 Å². The molecule has 6 heteroatoms. The number of carboxylic acids is 1. The quantitative estimate of drug-likeness (QED) is 0.650. The van der Waals surface area contributed by atoms with Gasteiger partial charge in [-0.1, -0.05) is 13.8 Å². The summed E-state index contributed by atoms with van der Waals surface area (Å²) < 4.78 is 0. The minimum Gasteiger partial charge on any atom is -0.480 e. The molecule has 0 spiro atoms. The average molecular weight is 262 g/mol. The third-order valence-electron chi connectivity index (χ3n) is 2.35. The molecule has 3 N–H and O–H groups in total. The van der Waals surface area contributed by atoms with Gasteiger partial charge in [-0.2, -0.15) is 11.8 Å². The van der Waals surface area contributed by atoms with E-state index in [1.165, 1.54) is 0 Å². The van der Waals surface area contributed by atoms with Crippen LogP contribution in [0.25, 0.3) is 0 Å². The SMILES string of the molecule is CSCCC(C)NC(=O)N[C@@H](C(=O)O)C(C)C. The summed E-state index contributed by atoms with van der Waals surface area (Å²) in [4.78, 5) is 22.4. The molecule has 0 aliphatic rings. The number of carbonyl (C=O) groups is 2. The third-order valence-corrected chi connectivity index (χ3v) is 3.00. The summed E-state index contributed by atoms with van der Waals surface area (Å²) in [6, 6.07) is -1.22. The van der Waals surface area contributed by atoms with Crippen molar-refractivity contribution >= 4 is 23.8 Å². The van der Waals surface area contributed by atoms with Crippen LogP contribution in [0.5, 0.6) is 0 Å². The summed E-state index contributed by atoms with van der Waals surface area (Å²) in [6.07, 6.45) is 2.88. The molecule has 0 saturated heterocycles. The first-order valence-corrected chi connectivity index (χ1v) is 7.06. The van der Waals surface area contributed by atoms with Gasteiger partial charge in [0, 0.05) is 6.04 Å². The van der Waals surface area contributed by atoms with Crippen molar-refractivity contribution in [2.24, 2.45) is 5.92 Å². The monoisotopic (exact) mass is 262 g/mol. The number of carbonyl (C=O) groups excluding carboxylic acids is 1. The molecular formula is C11H22N2O3S. The fourth-order valence-corrected chi connectivity index (χ4v) is 1.88. The lowest BCUT2D eigenvalue weighted by Crippen LogP contribution is -2.50. The smallest absolute Gasteiger partial charge is 0.326 e. The van der Waals surface area contributed by atoms with Crippen molar-refractivity contribution in [1.82, 2.24) is 10.6 Å². The molecule has 100 valence electrons. The van der Waals surface area contributed by atoms with Crippen LogP contribution in [0.2, 0.25) is 0 Å². The van der Waals surface area contributed by atoms with Crippen molar-refractivity contribution in [2.45, 2.75) is 39.3 Å².